The van der Waals surface area contributed by atoms with E-state index in [4.69, 9.17) is 10.5 Å². The predicted molar refractivity (Wildman–Crippen MR) is 63.2 cm³/mol. The number of hydrogen-bond donors (Lipinski definition) is 1. The monoisotopic (exact) mass is 225 g/mol. The van der Waals surface area contributed by atoms with E-state index in [1.54, 1.807) is 0 Å². The van der Waals surface area contributed by atoms with E-state index >= 15 is 0 Å². The zero-order valence-corrected chi connectivity index (χ0v) is 10.0. The summed E-state index contributed by atoms with van der Waals surface area (Å²) in [5, 5.41) is 0. The summed E-state index contributed by atoms with van der Waals surface area (Å²) in [5.41, 5.74) is 5.54. The summed E-state index contributed by atoms with van der Waals surface area (Å²) in [4.78, 5) is 12.0. The lowest BCUT2D eigenvalue weighted by Gasteiger charge is -2.46. The minimum atomic E-state index is 0.104. The van der Waals surface area contributed by atoms with Crippen molar-refractivity contribution in [2.75, 3.05) is 13.2 Å². The minimum Gasteiger partial charge on any atom is -0.375 e. The predicted octanol–water partition coefficient (Wildman–Crippen LogP) is 2.03. The van der Waals surface area contributed by atoms with Crippen molar-refractivity contribution in [1.82, 2.24) is 0 Å². The highest BCUT2D eigenvalue weighted by Crippen LogP contribution is 2.44. The van der Waals surface area contributed by atoms with Gasteiger partial charge in [0.05, 0.1) is 5.60 Å². The average molecular weight is 225 g/mol. The van der Waals surface area contributed by atoms with Gasteiger partial charge in [-0.15, -0.1) is 0 Å². The fourth-order valence-corrected chi connectivity index (χ4v) is 2.87. The largest absolute Gasteiger partial charge is 0.375 e. The van der Waals surface area contributed by atoms with Gasteiger partial charge in [0.1, 0.15) is 5.78 Å². The molecule has 0 aromatic carbocycles. The zero-order valence-electron chi connectivity index (χ0n) is 10.0. The third kappa shape index (κ3) is 2.64. The van der Waals surface area contributed by atoms with Gasteiger partial charge in [0.2, 0.25) is 0 Å². The molecule has 1 unspecified atom stereocenters. The molecule has 2 rings (SSSR count). The van der Waals surface area contributed by atoms with Gasteiger partial charge in [-0.25, -0.2) is 0 Å². The van der Waals surface area contributed by atoms with Gasteiger partial charge in [0, 0.05) is 18.9 Å². The highest BCUT2D eigenvalue weighted by Gasteiger charge is 2.43. The van der Waals surface area contributed by atoms with Crippen LogP contribution in [0.2, 0.25) is 0 Å². The van der Waals surface area contributed by atoms with Crippen LogP contribution in [0, 0.1) is 5.92 Å². The van der Waals surface area contributed by atoms with Crippen LogP contribution in [-0.2, 0) is 9.53 Å². The van der Waals surface area contributed by atoms with Crippen molar-refractivity contribution in [3.05, 3.63) is 0 Å². The standard InChI is InChI=1S/C13H23NO2/c14-8-2-1-4-12(15)11-5-9-16-13(10-11)6-3-7-13/h11H,1-10,14H2. The number of carbonyl (C=O) groups excluding carboxylic acids is 1. The molecule has 1 aliphatic carbocycles. The first-order valence-electron chi connectivity index (χ1n) is 6.62. The summed E-state index contributed by atoms with van der Waals surface area (Å²) in [6.07, 6.45) is 8.17. The van der Waals surface area contributed by atoms with Crippen LogP contribution >= 0.6 is 0 Å². The molecule has 0 bridgehead atoms. The Balaban J connectivity index is 1.77. The smallest absolute Gasteiger partial charge is 0.136 e. The Morgan fingerprint density at radius 3 is 2.81 bits per heavy atom. The van der Waals surface area contributed by atoms with Crippen LogP contribution in [0.1, 0.15) is 51.4 Å². The molecular weight excluding hydrogens is 202 g/mol. The molecule has 0 radical (unpaired) electrons. The Kier molecular flexibility index (Phi) is 3.98. The molecule has 1 atom stereocenters. The second-order valence-electron chi connectivity index (χ2n) is 5.29. The molecule has 3 nitrogen and oxygen atoms in total. The summed E-state index contributed by atoms with van der Waals surface area (Å²) < 4.78 is 5.84. The van der Waals surface area contributed by atoms with Crippen molar-refractivity contribution in [1.29, 1.82) is 0 Å². The number of Topliss-reactive ketones (excluding diaryl/α,β-unsaturated/α-hetero) is 1. The molecule has 2 N–H and O–H groups in total. The highest BCUT2D eigenvalue weighted by atomic mass is 16.5. The minimum absolute atomic E-state index is 0.104. The fraction of sp³-hybridized carbons (Fsp3) is 0.923. The van der Waals surface area contributed by atoms with Crippen LogP contribution in [0.3, 0.4) is 0 Å². The Hall–Kier alpha value is -0.410. The van der Waals surface area contributed by atoms with Gasteiger partial charge < -0.3 is 10.5 Å². The fourth-order valence-electron chi connectivity index (χ4n) is 2.87. The van der Waals surface area contributed by atoms with Gasteiger partial charge in [-0.3, -0.25) is 4.79 Å². The number of rotatable bonds is 5. The normalized spacial score (nSPS) is 27.7. The maximum atomic E-state index is 12.0. The third-order valence-corrected chi connectivity index (χ3v) is 4.09. The van der Waals surface area contributed by atoms with Crippen molar-refractivity contribution in [2.45, 2.75) is 57.0 Å². The van der Waals surface area contributed by atoms with E-state index in [-0.39, 0.29) is 11.5 Å². The second kappa shape index (κ2) is 5.28. The summed E-state index contributed by atoms with van der Waals surface area (Å²) in [6, 6.07) is 0. The van der Waals surface area contributed by atoms with E-state index in [1.165, 1.54) is 19.3 Å². The number of nitrogens with two attached hydrogens (primary N) is 1. The van der Waals surface area contributed by atoms with Crippen molar-refractivity contribution < 1.29 is 9.53 Å². The molecule has 0 amide bonds. The first-order chi connectivity index (χ1) is 7.76. The maximum absolute atomic E-state index is 12.0. The topological polar surface area (TPSA) is 52.3 Å². The maximum Gasteiger partial charge on any atom is 0.136 e. The van der Waals surface area contributed by atoms with Gasteiger partial charge in [-0.05, 0) is 51.5 Å². The summed E-state index contributed by atoms with van der Waals surface area (Å²) >= 11 is 0. The molecule has 1 aliphatic heterocycles. The van der Waals surface area contributed by atoms with Gasteiger partial charge >= 0.3 is 0 Å². The average Bonchev–Trinajstić information content (AvgIpc) is 2.27. The van der Waals surface area contributed by atoms with Gasteiger partial charge in [0.25, 0.3) is 0 Å². The molecule has 1 spiro atoms. The Labute approximate surface area is 97.7 Å². The van der Waals surface area contributed by atoms with E-state index in [2.05, 4.69) is 0 Å². The summed E-state index contributed by atoms with van der Waals surface area (Å²) in [7, 11) is 0. The molecule has 1 saturated heterocycles. The lowest BCUT2D eigenvalue weighted by Crippen LogP contribution is -2.47. The van der Waals surface area contributed by atoms with E-state index in [9.17, 15) is 4.79 Å². The molecular formula is C13H23NO2. The molecule has 0 aromatic rings. The SMILES string of the molecule is NCCCCC(=O)C1CCOC2(CCC2)C1. The number of unbranched alkanes of at least 4 members (excludes halogenated alkanes) is 1. The van der Waals surface area contributed by atoms with E-state index in [1.807, 2.05) is 0 Å². The van der Waals surface area contributed by atoms with E-state index in [0.29, 0.717) is 12.3 Å². The first kappa shape index (κ1) is 12.1. The number of ketones is 1. The Morgan fingerprint density at radius 2 is 2.19 bits per heavy atom. The molecule has 2 aliphatic rings. The van der Waals surface area contributed by atoms with Crippen molar-refractivity contribution >= 4 is 5.78 Å². The molecule has 92 valence electrons. The van der Waals surface area contributed by atoms with Crippen LogP contribution in [0.15, 0.2) is 0 Å². The molecule has 16 heavy (non-hydrogen) atoms. The van der Waals surface area contributed by atoms with Crippen LogP contribution in [0.4, 0.5) is 0 Å². The first-order valence-corrected chi connectivity index (χ1v) is 6.62. The molecule has 2 fully saturated rings. The lowest BCUT2D eigenvalue weighted by molar-refractivity contribution is -0.155. The Morgan fingerprint density at radius 1 is 1.38 bits per heavy atom. The summed E-state index contributed by atoms with van der Waals surface area (Å²) in [5.74, 6) is 0.717. The van der Waals surface area contributed by atoms with Gasteiger partial charge in [0.15, 0.2) is 0 Å². The van der Waals surface area contributed by atoms with Crippen LogP contribution in [-0.4, -0.2) is 24.5 Å². The molecule has 1 saturated carbocycles. The van der Waals surface area contributed by atoms with E-state index < -0.39 is 0 Å². The summed E-state index contributed by atoms with van der Waals surface area (Å²) in [6.45, 7) is 1.48. The van der Waals surface area contributed by atoms with Crippen molar-refractivity contribution in [3.8, 4) is 0 Å². The van der Waals surface area contributed by atoms with Gasteiger partial charge in [-0.1, -0.05) is 0 Å². The number of hydrogen-bond acceptors (Lipinski definition) is 3. The van der Waals surface area contributed by atoms with Crippen LogP contribution in [0.25, 0.3) is 0 Å². The van der Waals surface area contributed by atoms with Crippen molar-refractivity contribution in [2.24, 2.45) is 11.7 Å². The third-order valence-electron chi connectivity index (χ3n) is 4.09. The molecule has 0 aromatic heterocycles. The van der Waals surface area contributed by atoms with E-state index in [0.717, 1.165) is 38.7 Å². The molecule has 3 heteroatoms. The van der Waals surface area contributed by atoms with Crippen molar-refractivity contribution in [3.63, 3.8) is 0 Å². The number of carbonyl (C=O) groups is 1. The van der Waals surface area contributed by atoms with Crippen LogP contribution in [0.5, 0.6) is 0 Å². The number of ether oxygens (including phenoxy) is 1. The highest BCUT2D eigenvalue weighted by molar-refractivity contribution is 5.81. The quantitative estimate of drug-likeness (QED) is 0.728. The molecule has 1 heterocycles. The second-order valence-corrected chi connectivity index (χ2v) is 5.29. The zero-order chi connectivity index (χ0) is 11.4. The Bertz CT molecular complexity index is 248. The van der Waals surface area contributed by atoms with Gasteiger partial charge in [-0.2, -0.15) is 0 Å². The van der Waals surface area contributed by atoms with Crippen LogP contribution < -0.4 is 5.73 Å². The lowest BCUT2D eigenvalue weighted by atomic mass is 9.71.